The topological polar surface area (TPSA) is 139 Å². The number of nitrogens with zero attached hydrogens (tertiary/aromatic N) is 3. The van der Waals surface area contributed by atoms with Gasteiger partial charge in [0.2, 0.25) is 5.96 Å². The van der Waals surface area contributed by atoms with E-state index in [4.69, 9.17) is 10.00 Å². The van der Waals surface area contributed by atoms with Crippen molar-refractivity contribution in [1.29, 1.82) is 5.26 Å². The van der Waals surface area contributed by atoms with E-state index in [-0.39, 0.29) is 12.5 Å². The number of aliphatic hydroxyl groups is 2. The lowest BCUT2D eigenvalue weighted by Gasteiger charge is -2.16. The summed E-state index contributed by atoms with van der Waals surface area (Å²) in [5.41, 5.74) is 0.596. The quantitative estimate of drug-likeness (QED) is 0.191. The zero-order valence-electron chi connectivity index (χ0n) is 10.8. The van der Waals surface area contributed by atoms with Gasteiger partial charge in [-0.3, -0.25) is 10.3 Å². The molecular formula is C11H16N6O3. The molecule has 4 atom stereocenters. The van der Waals surface area contributed by atoms with Crippen molar-refractivity contribution in [2.24, 2.45) is 4.99 Å². The third kappa shape index (κ3) is 2.88. The van der Waals surface area contributed by atoms with Crippen molar-refractivity contribution < 1.29 is 14.9 Å². The molecule has 1 aromatic rings. The molecule has 0 aliphatic carbocycles. The summed E-state index contributed by atoms with van der Waals surface area (Å²) in [7, 11) is 1.51. The molecule has 0 unspecified atom stereocenters. The van der Waals surface area contributed by atoms with E-state index in [1.807, 2.05) is 0 Å². The molecular weight excluding hydrogens is 264 g/mol. The minimum atomic E-state index is -1.05. The molecule has 1 saturated heterocycles. The van der Waals surface area contributed by atoms with Crippen LogP contribution in [-0.2, 0) is 4.74 Å². The second-order valence-corrected chi connectivity index (χ2v) is 4.27. The molecule has 0 aromatic carbocycles. The van der Waals surface area contributed by atoms with E-state index in [1.165, 1.54) is 19.6 Å². The molecule has 1 fully saturated rings. The lowest BCUT2D eigenvalue weighted by molar-refractivity contribution is 0.00756. The van der Waals surface area contributed by atoms with Crippen LogP contribution < -0.4 is 10.6 Å². The van der Waals surface area contributed by atoms with Crippen LogP contribution in [-0.4, -0.2) is 58.0 Å². The number of aliphatic hydroxyl groups excluding tert-OH is 2. The molecule has 1 aliphatic rings. The van der Waals surface area contributed by atoms with E-state index in [0.29, 0.717) is 5.69 Å². The number of imidazole rings is 1. The summed E-state index contributed by atoms with van der Waals surface area (Å²) in [5.74, 6) is 0.266. The van der Waals surface area contributed by atoms with Crippen molar-refractivity contribution in [2.45, 2.75) is 24.4 Å². The predicted molar refractivity (Wildman–Crippen MR) is 68.3 cm³/mol. The molecule has 0 bridgehead atoms. The van der Waals surface area contributed by atoms with Gasteiger partial charge < -0.3 is 25.3 Å². The van der Waals surface area contributed by atoms with Gasteiger partial charge in [0.1, 0.15) is 24.4 Å². The first-order chi connectivity index (χ1) is 9.67. The molecule has 20 heavy (non-hydrogen) atoms. The second-order valence-electron chi connectivity index (χ2n) is 4.27. The van der Waals surface area contributed by atoms with Crippen LogP contribution in [0.25, 0.3) is 0 Å². The number of nitriles is 1. The predicted octanol–water partition coefficient (Wildman–Crippen LogP) is -1.78. The average Bonchev–Trinajstić information content (AvgIpc) is 3.06. The molecule has 1 aliphatic heterocycles. The minimum absolute atomic E-state index is 0.199. The molecule has 108 valence electrons. The normalized spacial score (nSPS) is 30.0. The number of rotatable bonds is 3. The SMILES string of the molecule is CN=C(NC#N)NC[C@H]1O[C@@H](c2cnc[nH]2)[C@H](O)[C@@H]1O. The van der Waals surface area contributed by atoms with E-state index >= 15 is 0 Å². The maximum atomic E-state index is 9.98. The van der Waals surface area contributed by atoms with Crippen LogP contribution in [0, 0.1) is 11.5 Å². The van der Waals surface area contributed by atoms with Gasteiger partial charge in [-0.15, -0.1) is 0 Å². The highest BCUT2D eigenvalue weighted by Crippen LogP contribution is 2.31. The maximum Gasteiger partial charge on any atom is 0.204 e. The lowest BCUT2D eigenvalue weighted by Crippen LogP contribution is -2.43. The fourth-order valence-corrected chi connectivity index (χ4v) is 2.03. The number of H-pyrrole nitrogens is 1. The van der Waals surface area contributed by atoms with Crippen LogP contribution >= 0.6 is 0 Å². The maximum absolute atomic E-state index is 9.98. The van der Waals surface area contributed by atoms with Crippen molar-refractivity contribution in [2.75, 3.05) is 13.6 Å². The van der Waals surface area contributed by atoms with Gasteiger partial charge in [0.15, 0.2) is 6.19 Å². The highest BCUT2D eigenvalue weighted by Gasteiger charge is 2.43. The van der Waals surface area contributed by atoms with E-state index in [9.17, 15) is 10.2 Å². The number of hydrogen-bond acceptors (Lipinski definition) is 6. The Kier molecular flexibility index (Phi) is 4.52. The summed E-state index contributed by atoms with van der Waals surface area (Å²) in [6, 6.07) is 0. The Morgan fingerprint density at radius 1 is 1.60 bits per heavy atom. The van der Waals surface area contributed by atoms with Gasteiger partial charge in [0.25, 0.3) is 0 Å². The molecule has 5 N–H and O–H groups in total. The third-order valence-corrected chi connectivity index (χ3v) is 3.06. The average molecular weight is 280 g/mol. The van der Waals surface area contributed by atoms with Crippen LogP contribution in [0.1, 0.15) is 11.8 Å². The Bertz CT molecular complexity index is 497. The number of aliphatic imine (C=N–C) groups is 1. The summed E-state index contributed by atoms with van der Waals surface area (Å²) >= 11 is 0. The first-order valence-electron chi connectivity index (χ1n) is 6.03. The number of nitrogens with one attached hydrogen (secondary N) is 3. The van der Waals surface area contributed by atoms with Crippen molar-refractivity contribution >= 4 is 5.96 Å². The lowest BCUT2D eigenvalue weighted by atomic mass is 10.1. The van der Waals surface area contributed by atoms with Gasteiger partial charge in [-0.05, 0) is 0 Å². The molecule has 2 rings (SSSR count). The molecule has 0 amide bonds. The monoisotopic (exact) mass is 280 g/mol. The fraction of sp³-hybridized carbons (Fsp3) is 0.545. The van der Waals surface area contributed by atoms with Gasteiger partial charge >= 0.3 is 0 Å². The van der Waals surface area contributed by atoms with Crippen LogP contribution in [0.3, 0.4) is 0 Å². The van der Waals surface area contributed by atoms with Gasteiger partial charge in [-0.1, -0.05) is 0 Å². The molecule has 0 radical (unpaired) electrons. The van der Waals surface area contributed by atoms with E-state index in [1.54, 1.807) is 6.19 Å². The zero-order chi connectivity index (χ0) is 14.5. The van der Waals surface area contributed by atoms with Crippen LogP contribution in [0.5, 0.6) is 0 Å². The number of ether oxygens (including phenoxy) is 1. The van der Waals surface area contributed by atoms with Crippen LogP contribution in [0.2, 0.25) is 0 Å². The van der Waals surface area contributed by atoms with Gasteiger partial charge in [0.05, 0.1) is 18.2 Å². The molecule has 0 spiro atoms. The van der Waals surface area contributed by atoms with Crippen molar-refractivity contribution in [3.63, 3.8) is 0 Å². The molecule has 9 heteroatoms. The first kappa shape index (κ1) is 14.3. The van der Waals surface area contributed by atoms with Gasteiger partial charge in [-0.2, -0.15) is 5.26 Å². The van der Waals surface area contributed by atoms with Gasteiger partial charge in [-0.25, -0.2) is 4.98 Å². The highest BCUT2D eigenvalue weighted by atomic mass is 16.5. The van der Waals surface area contributed by atoms with Crippen LogP contribution in [0.15, 0.2) is 17.5 Å². The Labute approximate surface area is 115 Å². The third-order valence-electron chi connectivity index (χ3n) is 3.06. The molecule has 0 saturated carbocycles. The number of aromatic amines is 1. The number of guanidine groups is 1. The van der Waals surface area contributed by atoms with E-state index in [2.05, 4.69) is 25.6 Å². The minimum Gasteiger partial charge on any atom is -0.388 e. The number of aromatic nitrogens is 2. The Balaban J connectivity index is 1.95. The summed E-state index contributed by atoms with van der Waals surface area (Å²) < 4.78 is 5.60. The summed E-state index contributed by atoms with van der Waals surface area (Å²) in [5, 5.41) is 33.6. The van der Waals surface area contributed by atoms with Crippen molar-refractivity contribution in [3.8, 4) is 6.19 Å². The summed E-state index contributed by atoms with van der Waals surface area (Å²) in [6.45, 7) is 0.199. The second kappa shape index (κ2) is 6.33. The molecule has 2 heterocycles. The summed E-state index contributed by atoms with van der Waals surface area (Å²) in [6.07, 6.45) is 1.36. The van der Waals surface area contributed by atoms with E-state index < -0.39 is 24.4 Å². The Morgan fingerprint density at radius 2 is 2.40 bits per heavy atom. The van der Waals surface area contributed by atoms with Crippen LogP contribution in [0.4, 0.5) is 0 Å². The first-order valence-corrected chi connectivity index (χ1v) is 6.03. The highest BCUT2D eigenvalue weighted by molar-refractivity contribution is 5.80. The smallest absolute Gasteiger partial charge is 0.204 e. The van der Waals surface area contributed by atoms with Crippen molar-refractivity contribution in [1.82, 2.24) is 20.6 Å². The van der Waals surface area contributed by atoms with Gasteiger partial charge in [0, 0.05) is 13.6 Å². The summed E-state index contributed by atoms with van der Waals surface area (Å²) in [4.78, 5) is 10.5. The Morgan fingerprint density at radius 3 is 3.00 bits per heavy atom. The zero-order valence-corrected chi connectivity index (χ0v) is 10.8. The number of hydrogen-bond donors (Lipinski definition) is 5. The van der Waals surface area contributed by atoms with Crippen molar-refractivity contribution in [3.05, 3.63) is 18.2 Å². The molecule has 1 aromatic heterocycles. The standard InChI is InChI=1S/C11H16N6O3/c1-13-11(16-4-12)15-3-7-8(18)9(19)10(20-7)6-2-14-5-17-6/h2,5,7-10,18-19H,3H2,1H3,(H,14,17)(H2,13,15,16)/t7-,8-,9-,10+/m1/s1. The van der Waals surface area contributed by atoms with E-state index in [0.717, 1.165) is 0 Å². The molecule has 9 nitrogen and oxygen atoms in total. The fourth-order valence-electron chi connectivity index (χ4n) is 2.03. The Hall–Kier alpha value is -2.15. The largest absolute Gasteiger partial charge is 0.388 e.